The molecule has 0 atom stereocenters. The molecule has 1 aliphatic rings. The number of hydrogen-bond acceptors (Lipinski definition) is 5. The van der Waals surface area contributed by atoms with Crippen LogP contribution in [0.15, 0.2) is 66.2 Å². The molecule has 9 heteroatoms. The molecule has 6 nitrogen and oxygen atoms in total. The Bertz CT molecular complexity index is 1360. The molecule has 0 spiro atoms. The third-order valence-electron chi connectivity index (χ3n) is 5.33. The Kier molecular flexibility index (Phi) is 7.94. The summed E-state index contributed by atoms with van der Waals surface area (Å²) in [5.74, 6) is -0.381. The van der Waals surface area contributed by atoms with E-state index in [9.17, 15) is 9.59 Å². The van der Waals surface area contributed by atoms with Gasteiger partial charge in [-0.1, -0.05) is 53.0 Å². The second-order valence-corrected chi connectivity index (χ2v) is 9.20. The zero-order valence-electron chi connectivity index (χ0n) is 19.5. The van der Waals surface area contributed by atoms with Crippen molar-refractivity contribution in [1.29, 1.82) is 0 Å². The summed E-state index contributed by atoms with van der Waals surface area (Å²) in [6.45, 7) is 4.39. The minimum absolute atomic E-state index is 0.0185. The molecule has 4 rings (SSSR count). The van der Waals surface area contributed by atoms with Gasteiger partial charge >= 0.3 is 0 Å². The van der Waals surface area contributed by atoms with E-state index in [1.807, 2.05) is 38.1 Å². The van der Waals surface area contributed by atoms with Crippen LogP contribution in [-0.4, -0.2) is 23.5 Å². The Morgan fingerprint density at radius 1 is 1.00 bits per heavy atom. The molecule has 1 N–H and O–H groups in total. The fourth-order valence-corrected chi connectivity index (χ4v) is 4.24. The molecule has 0 saturated carbocycles. The Morgan fingerprint density at radius 3 is 2.36 bits per heavy atom. The second kappa shape index (κ2) is 11.1. The minimum Gasteiger partial charge on any atom is -0.490 e. The fourth-order valence-electron chi connectivity index (χ4n) is 3.56. The molecule has 0 bridgehead atoms. The lowest BCUT2D eigenvalue weighted by Crippen LogP contribution is -2.54. The van der Waals surface area contributed by atoms with Crippen molar-refractivity contribution in [3.63, 3.8) is 0 Å². The number of halogens is 2. The van der Waals surface area contributed by atoms with E-state index < -0.39 is 11.8 Å². The molecule has 1 saturated heterocycles. The van der Waals surface area contributed by atoms with Crippen LogP contribution in [0.4, 0.5) is 5.69 Å². The normalized spacial score (nSPS) is 14.7. The molecule has 0 aromatic heterocycles. The van der Waals surface area contributed by atoms with Crippen molar-refractivity contribution in [3.05, 3.63) is 93.0 Å². The Balaban J connectivity index is 1.65. The summed E-state index contributed by atoms with van der Waals surface area (Å²) in [5, 5.41) is 3.51. The lowest BCUT2D eigenvalue weighted by molar-refractivity contribution is -0.122. The number of nitrogens with one attached hydrogen (secondary N) is 1. The molecule has 36 heavy (non-hydrogen) atoms. The third kappa shape index (κ3) is 5.70. The Morgan fingerprint density at radius 2 is 1.69 bits per heavy atom. The maximum atomic E-state index is 13.3. The third-order valence-corrected chi connectivity index (χ3v) is 6.15. The van der Waals surface area contributed by atoms with Crippen molar-refractivity contribution < 1.29 is 19.1 Å². The number of nitrogens with zero attached hydrogens (tertiary/aromatic N) is 1. The first-order valence-corrected chi connectivity index (χ1v) is 12.2. The number of benzene rings is 3. The monoisotopic (exact) mass is 540 g/mol. The number of amides is 2. The van der Waals surface area contributed by atoms with Crippen molar-refractivity contribution in [2.45, 2.75) is 20.5 Å². The van der Waals surface area contributed by atoms with E-state index >= 15 is 0 Å². The molecule has 0 unspecified atom stereocenters. The van der Waals surface area contributed by atoms with E-state index in [0.29, 0.717) is 34.4 Å². The predicted octanol–water partition coefficient (Wildman–Crippen LogP) is 6.11. The quantitative estimate of drug-likeness (QED) is 0.222. The maximum absolute atomic E-state index is 13.3. The van der Waals surface area contributed by atoms with E-state index in [4.69, 9.17) is 44.9 Å². The lowest BCUT2D eigenvalue weighted by atomic mass is 10.1. The zero-order valence-corrected chi connectivity index (χ0v) is 21.8. The highest BCUT2D eigenvalue weighted by Gasteiger charge is 2.34. The smallest absolute Gasteiger partial charge is 0.270 e. The average molecular weight is 541 g/mol. The van der Waals surface area contributed by atoms with E-state index in [1.54, 1.807) is 36.4 Å². The van der Waals surface area contributed by atoms with Gasteiger partial charge in [0, 0.05) is 5.02 Å². The molecule has 1 fully saturated rings. The summed E-state index contributed by atoms with van der Waals surface area (Å²) in [6, 6.07) is 17.8. The summed E-state index contributed by atoms with van der Waals surface area (Å²) >= 11 is 17.8. The molecule has 3 aromatic carbocycles. The summed E-state index contributed by atoms with van der Waals surface area (Å²) < 4.78 is 11.7. The van der Waals surface area contributed by atoms with Crippen molar-refractivity contribution in [2.24, 2.45) is 0 Å². The second-order valence-electron chi connectivity index (χ2n) is 7.97. The van der Waals surface area contributed by atoms with Crippen molar-refractivity contribution in [1.82, 2.24) is 5.32 Å². The van der Waals surface area contributed by atoms with Crippen LogP contribution in [0.25, 0.3) is 6.08 Å². The molecular formula is C27H22Cl2N2O4S. The number of aryl methyl sites for hydroxylation is 1. The molecule has 184 valence electrons. The minimum atomic E-state index is -0.592. The van der Waals surface area contributed by atoms with E-state index in [1.165, 1.54) is 11.0 Å². The largest absolute Gasteiger partial charge is 0.490 e. The standard InChI is InChI=1S/C27H22Cl2N2O4S/c1-3-34-23-14-18(13-22(29)24(23)35-15-17-6-8-19(28)9-7-17)12-21-25(32)30-27(36)31(26(21)33)20-10-4-16(2)5-11-20/h4-14H,3,15H2,1-2H3,(H,30,32,36)/b21-12+. The molecule has 1 heterocycles. The van der Waals surface area contributed by atoms with Crippen molar-refractivity contribution >= 4 is 64.1 Å². The molecular weight excluding hydrogens is 519 g/mol. The fraction of sp³-hybridized carbons (Fsp3) is 0.148. The van der Waals surface area contributed by atoms with Gasteiger partial charge in [-0.25, -0.2) is 0 Å². The highest BCUT2D eigenvalue weighted by Crippen LogP contribution is 2.38. The van der Waals surface area contributed by atoms with Crippen LogP contribution < -0.4 is 19.7 Å². The van der Waals surface area contributed by atoms with Crippen LogP contribution in [0.3, 0.4) is 0 Å². The van der Waals surface area contributed by atoms with Crippen LogP contribution in [0, 0.1) is 6.92 Å². The van der Waals surface area contributed by atoms with Gasteiger partial charge < -0.3 is 9.47 Å². The average Bonchev–Trinajstić information content (AvgIpc) is 2.83. The van der Waals surface area contributed by atoms with Crippen LogP contribution >= 0.6 is 35.4 Å². The Hall–Kier alpha value is -3.39. The zero-order chi connectivity index (χ0) is 25.8. The number of anilines is 1. The molecule has 2 amide bonds. The number of ether oxygens (including phenoxy) is 2. The van der Waals surface area contributed by atoms with Gasteiger partial charge in [0.1, 0.15) is 12.2 Å². The number of hydrogen-bond donors (Lipinski definition) is 1. The van der Waals surface area contributed by atoms with Gasteiger partial charge in [0.25, 0.3) is 11.8 Å². The molecule has 0 radical (unpaired) electrons. The highest BCUT2D eigenvalue weighted by molar-refractivity contribution is 7.80. The van der Waals surface area contributed by atoms with Gasteiger partial charge in [-0.2, -0.15) is 0 Å². The predicted molar refractivity (Wildman–Crippen MR) is 146 cm³/mol. The first kappa shape index (κ1) is 25.7. The van der Waals surface area contributed by atoms with Crippen molar-refractivity contribution in [3.8, 4) is 11.5 Å². The van der Waals surface area contributed by atoms with E-state index in [2.05, 4.69) is 5.32 Å². The van der Waals surface area contributed by atoms with Gasteiger partial charge in [-0.15, -0.1) is 0 Å². The summed E-state index contributed by atoms with van der Waals surface area (Å²) in [6.07, 6.45) is 1.46. The van der Waals surface area contributed by atoms with E-state index in [0.717, 1.165) is 11.1 Å². The van der Waals surface area contributed by atoms with E-state index in [-0.39, 0.29) is 22.3 Å². The SMILES string of the molecule is CCOc1cc(/C=C2\C(=O)NC(=S)N(c3ccc(C)cc3)C2=O)cc(Cl)c1OCc1ccc(Cl)cc1. The van der Waals surface area contributed by atoms with Crippen LogP contribution in [0.2, 0.25) is 10.0 Å². The number of carbonyl (C=O) groups is 2. The lowest BCUT2D eigenvalue weighted by Gasteiger charge is -2.29. The maximum Gasteiger partial charge on any atom is 0.270 e. The van der Waals surface area contributed by atoms with Gasteiger partial charge in [0.2, 0.25) is 0 Å². The highest BCUT2D eigenvalue weighted by atomic mass is 35.5. The number of thiocarbonyl (C=S) groups is 1. The van der Waals surface area contributed by atoms with Gasteiger partial charge in [-0.3, -0.25) is 19.8 Å². The molecule has 3 aromatic rings. The summed E-state index contributed by atoms with van der Waals surface area (Å²) in [7, 11) is 0. The van der Waals surface area contributed by atoms with Gasteiger partial charge in [0.05, 0.1) is 17.3 Å². The topological polar surface area (TPSA) is 67.9 Å². The first-order valence-electron chi connectivity index (χ1n) is 11.1. The number of rotatable bonds is 7. The van der Waals surface area contributed by atoms with Crippen LogP contribution in [-0.2, 0) is 16.2 Å². The Labute approximate surface area is 224 Å². The van der Waals surface area contributed by atoms with Crippen LogP contribution in [0.1, 0.15) is 23.6 Å². The van der Waals surface area contributed by atoms with Gasteiger partial charge in [0.15, 0.2) is 16.6 Å². The number of carbonyl (C=O) groups excluding carboxylic acids is 2. The molecule has 0 aliphatic carbocycles. The van der Waals surface area contributed by atoms with Gasteiger partial charge in [-0.05, 0) is 79.7 Å². The first-order chi connectivity index (χ1) is 17.3. The molecule has 1 aliphatic heterocycles. The van der Waals surface area contributed by atoms with Crippen LogP contribution in [0.5, 0.6) is 11.5 Å². The van der Waals surface area contributed by atoms with Crippen molar-refractivity contribution in [2.75, 3.05) is 11.5 Å². The summed E-state index contributed by atoms with van der Waals surface area (Å²) in [4.78, 5) is 27.3. The summed E-state index contributed by atoms with van der Waals surface area (Å²) in [5.41, 5.74) is 2.90.